The molecule has 0 saturated heterocycles. The highest BCUT2D eigenvalue weighted by Gasteiger charge is 2.08. The Balaban J connectivity index is 2.12. The van der Waals surface area contributed by atoms with Gasteiger partial charge >= 0.3 is 0 Å². The fraction of sp³-hybridized carbons (Fsp3) is 0.111. The molecule has 4 heteroatoms. The highest BCUT2D eigenvalue weighted by atomic mass is 35.5. The SMILES string of the molecule is CCOc1cc(-c2ccncc2)nc(-c2cccc(Cl)c2)c1. The number of hydrogen-bond donors (Lipinski definition) is 0. The van der Waals surface area contributed by atoms with Crippen molar-refractivity contribution < 1.29 is 4.74 Å². The van der Waals surface area contributed by atoms with E-state index in [2.05, 4.69) is 4.98 Å². The van der Waals surface area contributed by atoms with Gasteiger partial charge in [-0.3, -0.25) is 4.98 Å². The molecule has 0 spiro atoms. The molecule has 0 radical (unpaired) electrons. The second kappa shape index (κ2) is 6.58. The number of benzene rings is 1. The van der Waals surface area contributed by atoms with Crippen molar-refractivity contribution in [1.29, 1.82) is 0 Å². The number of ether oxygens (including phenoxy) is 1. The van der Waals surface area contributed by atoms with E-state index in [1.165, 1.54) is 0 Å². The van der Waals surface area contributed by atoms with Crippen LogP contribution in [0.25, 0.3) is 22.5 Å². The van der Waals surface area contributed by atoms with Gasteiger partial charge in [0.1, 0.15) is 5.75 Å². The quantitative estimate of drug-likeness (QED) is 0.690. The first kappa shape index (κ1) is 14.5. The Morgan fingerprint density at radius 2 is 1.68 bits per heavy atom. The van der Waals surface area contributed by atoms with Gasteiger partial charge in [-0.25, -0.2) is 4.98 Å². The summed E-state index contributed by atoms with van der Waals surface area (Å²) in [6.45, 7) is 2.57. The van der Waals surface area contributed by atoms with E-state index in [-0.39, 0.29) is 0 Å². The number of hydrogen-bond acceptors (Lipinski definition) is 3. The van der Waals surface area contributed by atoms with E-state index in [4.69, 9.17) is 21.3 Å². The summed E-state index contributed by atoms with van der Waals surface area (Å²) in [5.41, 5.74) is 3.65. The molecule has 3 rings (SSSR count). The van der Waals surface area contributed by atoms with Gasteiger partial charge in [-0.15, -0.1) is 0 Å². The molecule has 1 aromatic carbocycles. The standard InChI is InChI=1S/C18H15ClN2O/c1-2-22-16-11-17(13-6-8-20-9-7-13)21-18(12-16)14-4-3-5-15(19)10-14/h3-12H,2H2,1H3. The van der Waals surface area contributed by atoms with E-state index in [0.717, 1.165) is 28.3 Å². The molecule has 0 aliphatic rings. The van der Waals surface area contributed by atoms with E-state index < -0.39 is 0 Å². The van der Waals surface area contributed by atoms with Gasteiger partial charge in [-0.05, 0) is 31.2 Å². The summed E-state index contributed by atoms with van der Waals surface area (Å²) in [7, 11) is 0. The number of halogens is 1. The summed E-state index contributed by atoms with van der Waals surface area (Å²) in [5, 5.41) is 0.687. The first-order chi connectivity index (χ1) is 10.8. The van der Waals surface area contributed by atoms with Crippen LogP contribution < -0.4 is 4.74 Å². The van der Waals surface area contributed by atoms with Crippen molar-refractivity contribution in [3.63, 3.8) is 0 Å². The third kappa shape index (κ3) is 3.26. The smallest absolute Gasteiger partial charge is 0.123 e. The Kier molecular flexibility index (Phi) is 4.35. The summed E-state index contributed by atoms with van der Waals surface area (Å²) in [6.07, 6.45) is 3.51. The van der Waals surface area contributed by atoms with Crippen LogP contribution in [-0.4, -0.2) is 16.6 Å². The van der Waals surface area contributed by atoms with Gasteiger partial charge in [-0.2, -0.15) is 0 Å². The minimum absolute atomic E-state index is 0.606. The molecule has 2 heterocycles. The molecule has 0 fully saturated rings. The average Bonchev–Trinajstić information content (AvgIpc) is 2.56. The summed E-state index contributed by atoms with van der Waals surface area (Å²) < 4.78 is 5.67. The third-order valence-electron chi connectivity index (χ3n) is 3.21. The van der Waals surface area contributed by atoms with Crippen molar-refractivity contribution in [1.82, 2.24) is 9.97 Å². The second-order valence-electron chi connectivity index (χ2n) is 4.75. The average molecular weight is 311 g/mol. The van der Waals surface area contributed by atoms with Gasteiger partial charge in [0.05, 0.1) is 18.0 Å². The van der Waals surface area contributed by atoms with Crippen molar-refractivity contribution in [3.8, 4) is 28.3 Å². The molecule has 0 saturated carbocycles. The van der Waals surface area contributed by atoms with Crippen molar-refractivity contribution in [2.45, 2.75) is 6.92 Å². The van der Waals surface area contributed by atoms with Crippen LogP contribution in [0.4, 0.5) is 0 Å². The lowest BCUT2D eigenvalue weighted by atomic mass is 10.1. The molecule has 0 aliphatic carbocycles. The molecule has 0 aliphatic heterocycles. The number of aromatic nitrogens is 2. The van der Waals surface area contributed by atoms with Crippen LogP contribution in [0.5, 0.6) is 5.75 Å². The molecule has 2 aromatic heterocycles. The summed E-state index contributed by atoms with van der Waals surface area (Å²) in [5.74, 6) is 0.791. The van der Waals surface area contributed by atoms with Crippen LogP contribution in [-0.2, 0) is 0 Å². The Labute approximate surface area is 134 Å². The molecule has 22 heavy (non-hydrogen) atoms. The molecule has 0 atom stereocenters. The monoisotopic (exact) mass is 310 g/mol. The minimum Gasteiger partial charge on any atom is -0.494 e. The minimum atomic E-state index is 0.606. The van der Waals surface area contributed by atoms with E-state index in [9.17, 15) is 0 Å². The second-order valence-corrected chi connectivity index (χ2v) is 5.19. The predicted molar refractivity (Wildman–Crippen MR) is 89.1 cm³/mol. The molecule has 0 amide bonds. The van der Waals surface area contributed by atoms with Gasteiger partial charge in [0.15, 0.2) is 0 Å². The fourth-order valence-corrected chi connectivity index (χ4v) is 2.41. The molecule has 3 nitrogen and oxygen atoms in total. The maximum Gasteiger partial charge on any atom is 0.123 e. The van der Waals surface area contributed by atoms with Crippen LogP contribution in [0.3, 0.4) is 0 Å². The molecular weight excluding hydrogens is 296 g/mol. The van der Waals surface area contributed by atoms with Crippen LogP contribution in [0.2, 0.25) is 5.02 Å². The summed E-state index contributed by atoms with van der Waals surface area (Å²) >= 11 is 6.09. The predicted octanol–water partition coefficient (Wildman–Crippen LogP) is 4.86. The molecule has 0 N–H and O–H groups in total. The topological polar surface area (TPSA) is 35.0 Å². The van der Waals surface area contributed by atoms with Gasteiger partial charge in [0.2, 0.25) is 0 Å². The van der Waals surface area contributed by atoms with Crippen LogP contribution in [0, 0.1) is 0 Å². The molecule has 110 valence electrons. The lowest BCUT2D eigenvalue weighted by Gasteiger charge is -2.10. The maximum atomic E-state index is 6.09. The largest absolute Gasteiger partial charge is 0.494 e. The molecule has 0 unspecified atom stereocenters. The van der Waals surface area contributed by atoms with Crippen LogP contribution in [0.1, 0.15) is 6.92 Å². The Hall–Kier alpha value is -2.39. The number of rotatable bonds is 4. The third-order valence-corrected chi connectivity index (χ3v) is 3.44. The maximum absolute atomic E-state index is 6.09. The van der Waals surface area contributed by atoms with Gasteiger partial charge in [-0.1, -0.05) is 23.7 Å². The Bertz CT molecular complexity index is 775. The van der Waals surface area contributed by atoms with Gasteiger partial charge < -0.3 is 4.74 Å². The Morgan fingerprint density at radius 3 is 2.36 bits per heavy atom. The first-order valence-corrected chi connectivity index (χ1v) is 7.45. The molecule has 3 aromatic rings. The normalized spacial score (nSPS) is 10.5. The van der Waals surface area contributed by atoms with Crippen molar-refractivity contribution in [3.05, 3.63) is 65.9 Å². The van der Waals surface area contributed by atoms with E-state index in [1.54, 1.807) is 12.4 Å². The number of pyridine rings is 2. The van der Waals surface area contributed by atoms with Gasteiger partial charge in [0.25, 0.3) is 0 Å². The zero-order valence-electron chi connectivity index (χ0n) is 12.2. The molecule has 0 bridgehead atoms. The zero-order chi connectivity index (χ0) is 15.4. The van der Waals surface area contributed by atoms with Crippen molar-refractivity contribution >= 4 is 11.6 Å². The highest BCUT2D eigenvalue weighted by molar-refractivity contribution is 6.30. The fourth-order valence-electron chi connectivity index (χ4n) is 2.22. The lowest BCUT2D eigenvalue weighted by Crippen LogP contribution is -1.95. The van der Waals surface area contributed by atoms with E-state index in [0.29, 0.717) is 11.6 Å². The van der Waals surface area contributed by atoms with Crippen molar-refractivity contribution in [2.75, 3.05) is 6.61 Å². The molecular formula is C18H15ClN2O. The zero-order valence-corrected chi connectivity index (χ0v) is 12.9. The first-order valence-electron chi connectivity index (χ1n) is 7.07. The summed E-state index contributed by atoms with van der Waals surface area (Å²) in [4.78, 5) is 8.78. The van der Waals surface area contributed by atoms with E-state index in [1.807, 2.05) is 55.5 Å². The van der Waals surface area contributed by atoms with E-state index >= 15 is 0 Å². The lowest BCUT2D eigenvalue weighted by molar-refractivity contribution is 0.340. The Morgan fingerprint density at radius 1 is 0.955 bits per heavy atom. The van der Waals surface area contributed by atoms with Crippen molar-refractivity contribution in [2.24, 2.45) is 0 Å². The van der Waals surface area contributed by atoms with Gasteiger partial charge in [0, 0.05) is 40.7 Å². The summed E-state index contributed by atoms with van der Waals surface area (Å²) in [6, 6.07) is 15.4. The van der Waals surface area contributed by atoms with Crippen LogP contribution in [0.15, 0.2) is 60.9 Å². The van der Waals surface area contributed by atoms with Crippen LogP contribution >= 0.6 is 11.6 Å². The number of nitrogens with zero attached hydrogens (tertiary/aromatic N) is 2. The highest BCUT2D eigenvalue weighted by Crippen LogP contribution is 2.29.